The second-order valence-corrected chi connectivity index (χ2v) is 4.68. The molecule has 21 heavy (non-hydrogen) atoms. The maximum atomic E-state index is 12.9. The molecule has 0 fully saturated rings. The monoisotopic (exact) mass is 290 g/mol. The van der Waals surface area contributed by atoms with Gasteiger partial charge in [-0.2, -0.15) is 18.4 Å². The average Bonchev–Trinajstić information content (AvgIpc) is 2.46. The van der Waals surface area contributed by atoms with Crippen molar-refractivity contribution in [3.63, 3.8) is 0 Å². The molecule has 0 heterocycles. The molecule has 0 aliphatic heterocycles. The Morgan fingerprint density at radius 3 is 2.33 bits per heavy atom. The fourth-order valence-electron chi connectivity index (χ4n) is 2.05. The second-order valence-electron chi connectivity index (χ2n) is 4.68. The Morgan fingerprint density at radius 1 is 1.10 bits per heavy atom. The molecule has 0 saturated carbocycles. The number of hydrogen-bond donors (Lipinski definition) is 0. The number of benzene rings is 2. The molecular formula is C16H13F3N2. The van der Waals surface area contributed by atoms with Crippen molar-refractivity contribution >= 4 is 5.69 Å². The summed E-state index contributed by atoms with van der Waals surface area (Å²) in [6.07, 6.45) is -4.53. The van der Waals surface area contributed by atoms with Crippen LogP contribution in [0, 0.1) is 11.3 Å². The number of alkyl halides is 3. The van der Waals surface area contributed by atoms with E-state index in [0.717, 1.165) is 11.6 Å². The highest BCUT2D eigenvalue weighted by Gasteiger charge is 2.34. The molecule has 0 aliphatic carbocycles. The number of hydrogen-bond acceptors (Lipinski definition) is 2. The average molecular weight is 290 g/mol. The normalized spacial score (nSPS) is 11.0. The highest BCUT2D eigenvalue weighted by Crippen LogP contribution is 2.34. The summed E-state index contributed by atoms with van der Waals surface area (Å²) >= 11 is 0. The van der Waals surface area contributed by atoms with Crippen LogP contribution in [0.3, 0.4) is 0 Å². The van der Waals surface area contributed by atoms with E-state index in [1.54, 1.807) is 18.0 Å². The highest BCUT2D eigenvalue weighted by molar-refractivity contribution is 5.54. The zero-order valence-electron chi connectivity index (χ0n) is 11.4. The minimum atomic E-state index is -4.53. The van der Waals surface area contributed by atoms with Gasteiger partial charge >= 0.3 is 6.18 Å². The Morgan fingerprint density at radius 2 is 1.76 bits per heavy atom. The van der Waals surface area contributed by atoms with Gasteiger partial charge in [0.1, 0.15) is 0 Å². The maximum absolute atomic E-state index is 12.9. The smallest absolute Gasteiger partial charge is 0.370 e. The minimum Gasteiger partial charge on any atom is -0.370 e. The van der Waals surface area contributed by atoms with Crippen molar-refractivity contribution in [2.45, 2.75) is 12.7 Å². The standard InChI is InChI=1S/C16H13F3N2/c1-21(11-12-5-3-2-4-6-12)14-8-7-13(10-20)15(9-14)16(17,18)19/h2-9H,11H2,1H3. The van der Waals surface area contributed by atoms with Crippen LogP contribution in [0.25, 0.3) is 0 Å². The summed E-state index contributed by atoms with van der Waals surface area (Å²) in [4.78, 5) is 1.71. The summed E-state index contributed by atoms with van der Waals surface area (Å²) < 4.78 is 38.8. The van der Waals surface area contributed by atoms with Crippen LogP contribution in [0.2, 0.25) is 0 Å². The number of halogens is 3. The van der Waals surface area contributed by atoms with Crippen molar-refractivity contribution in [2.75, 3.05) is 11.9 Å². The van der Waals surface area contributed by atoms with Gasteiger partial charge in [0.25, 0.3) is 0 Å². The second kappa shape index (κ2) is 5.88. The number of nitriles is 1. The Kier molecular flexibility index (Phi) is 4.18. The van der Waals surface area contributed by atoms with Gasteiger partial charge in [-0.25, -0.2) is 0 Å². The summed E-state index contributed by atoms with van der Waals surface area (Å²) in [6.45, 7) is 0.490. The molecule has 2 aromatic carbocycles. The molecule has 0 aliphatic rings. The van der Waals surface area contributed by atoms with E-state index >= 15 is 0 Å². The third-order valence-electron chi connectivity index (χ3n) is 3.13. The van der Waals surface area contributed by atoms with Crippen molar-refractivity contribution in [2.24, 2.45) is 0 Å². The van der Waals surface area contributed by atoms with E-state index in [-0.39, 0.29) is 5.56 Å². The molecule has 0 N–H and O–H groups in total. The van der Waals surface area contributed by atoms with Crippen LogP contribution in [0.5, 0.6) is 0 Å². The van der Waals surface area contributed by atoms with Crippen LogP contribution in [0.15, 0.2) is 48.5 Å². The molecule has 2 rings (SSSR count). The summed E-state index contributed by atoms with van der Waals surface area (Å²) in [5.74, 6) is 0. The Balaban J connectivity index is 2.30. The first-order valence-corrected chi connectivity index (χ1v) is 6.28. The van der Waals surface area contributed by atoms with Crippen molar-refractivity contribution in [1.29, 1.82) is 5.26 Å². The predicted molar refractivity (Wildman–Crippen MR) is 74.7 cm³/mol. The van der Waals surface area contributed by atoms with E-state index in [2.05, 4.69) is 0 Å². The lowest BCUT2D eigenvalue weighted by Crippen LogP contribution is -2.18. The van der Waals surface area contributed by atoms with Crippen LogP contribution in [-0.4, -0.2) is 7.05 Å². The fourth-order valence-corrected chi connectivity index (χ4v) is 2.05. The van der Waals surface area contributed by atoms with Crippen molar-refractivity contribution in [3.8, 4) is 6.07 Å². The Hall–Kier alpha value is -2.48. The fraction of sp³-hybridized carbons (Fsp3) is 0.188. The van der Waals surface area contributed by atoms with Crippen LogP contribution in [0.1, 0.15) is 16.7 Å². The zero-order valence-corrected chi connectivity index (χ0v) is 11.4. The molecule has 0 unspecified atom stereocenters. The van der Waals surface area contributed by atoms with Gasteiger partial charge in [0, 0.05) is 19.3 Å². The van der Waals surface area contributed by atoms with Crippen LogP contribution in [-0.2, 0) is 12.7 Å². The lowest BCUT2D eigenvalue weighted by molar-refractivity contribution is -0.137. The number of rotatable bonds is 3. The van der Waals surface area contributed by atoms with Crippen molar-refractivity contribution in [1.82, 2.24) is 0 Å². The summed E-state index contributed by atoms with van der Waals surface area (Å²) in [7, 11) is 1.72. The van der Waals surface area contributed by atoms with Gasteiger partial charge in [-0.05, 0) is 23.8 Å². The first-order chi connectivity index (χ1) is 9.91. The molecule has 0 saturated heterocycles. The minimum absolute atomic E-state index is 0.362. The summed E-state index contributed by atoms with van der Waals surface area (Å²) in [5.41, 5.74) is 0.157. The largest absolute Gasteiger partial charge is 0.417 e. The number of nitrogens with zero attached hydrogens (tertiary/aromatic N) is 2. The first kappa shape index (κ1) is 14.9. The molecule has 2 nitrogen and oxygen atoms in total. The maximum Gasteiger partial charge on any atom is 0.417 e. The SMILES string of the molecule is CN(Cc1ccccc1)c1ccc(C#N)c(C(F)(F)F)c1. The van der Waals surface area contributed by atoms with E-state index in [1.807, 2.05) is 30.3 Å². The molecule has 0 radical (unpaired) electrons. The third kappa shape index (κ3) is 3.54. The van der Waals surface area contributed by atoms with Gasteiger partial charge in [0.05, 0.1) is 17.2 Å². The van der Waals surface area contributed by atoms with Gasteiger partial charge in [0.2, 0.25) is 0 Å². The molecule has 2 aromatic rings. The predicted octanol–water partition coefficient (Wildman–Crippen LogP) is 4.21. The van der Waals surface area contributed by atoms with Crippen molar-refractivity contribution < 1.29 is 13.2 Å². The van der Waals surface area contributed by atoms with Crippen molar-refractivity contribution in [3.05, 3.63) is 65.2 Å². The first-order valence-electron chi connectivity index (χ1n) is 6.28. The highest BCUT2D eigenvalue weighted by atomic mass is 19.4. The molecule has 108 valence electrons. The van der Waals surface area contributed by atoms with Gasteiger partial charge in [-0.3, -0.25) is 0 Å². The molecule has 0 amide bonds. The summed E-state index contributed by atoms with van der Waals surface area (Å²) in [5, 5.41) is 8.78. The Labute approximate surface area is 121 Å². The quantitative estimate of drug-likeness (QED) is 0.846. The van der Waals surface area contributed by atoms with Crippen LogP contribution >= 0.6 is 0 Å². The van der Waals surface area contributed by atoms with E-state index < -0.39 is 11.7 Å². The molecule has 0 bridgehead atoms. The van der Waals surface area contributed by atoms with E-state index in [1.165, 1.54) is 12.1 Å². The molecule has 5 heteroatoms. The van der Waals surface area contributed by atoms with E-state index in [0.29, 0.717) is 12.2 Å². The molecule has 0 atom stereocenters. The van der Waals surface area contributed by atoms with Gasteiger partial charge < -0.3 is 4.90 Å². The lowest BCUT2D eigenvalue weighted by Gasteiger charge is -2.21. The topological polar surface area (TPSA) is 27.0 Å². The molecular weight excluding hydrogens is 277 g/mol. The molecule has 0 spiro atoms. The summed E-state index contributed by atoms with van der Waals surface area (Å²) in [6, 6.07) is 14.8. The van der Waals surface area contributed by atoms with Crippen LogP contribution in [0.4, 0.5) is 18.9 Å². The lowest BCUT2D eigenvalue weighted by atomic mass is 10.1. The van der Waals surface area contributed by atoms with Gasteiger partial charge in [-0.1, -0.05) is 30.3 Å². The Bertz CT molecular complexity index is 657. The van der Waals surface area contributed by atoms with Gasteiger partial charge in [-0.15, -0.1) is 0 Å². The van der Waals surface area contributed by atoms with Gasteiger partial charge in [0.15, 0.2) is 0 Å². The third-order valence-corrected chi connectivity index (χ3v) is 3.13. The van der Waals surface area contributed by atoms with E-state index in [9.17, 15) is 13.2 Å². The van der Waals surface area contributed by atoms with E-state index in [4.69, 9.17) is 5.26 Å². The number of anilines is 1. The molecule has 0 aromatic heterocycles. The van der Waals surface area contributed by atoms with Crippen LogP contribution < -0.4 is 4.90 Å². The zero-order chi connectivity index (χ0) is 15.5.